The molecule has 1 saturated heterocycles. The third kappa shape index (κ3) is 8.76. The molecular formula is C34H46N6O6. The Morgan fingerprint density at radius 1 is 0.978 bits per heavy atom. The number of nitrogens with one attached hydrogen (secondary N) is 4. The summed E-state index contributed by atoms with van der Waals surface area (Å²) in [6.07, 6.45) is 0.0530. The molecule has 4 rings (SSSR count). The summed E-state index contributed by atoms with van der Waals surface area (Å²) in [5.41, 5.74) is -1.17. The molecule has 3 atom stereocenters. The molecular weight excluding hydrogens is 588 g/mol. The first kappa shape index (κ1) is 34.3. The third-order valence-corrected chi connectivity index (χ3v) is 8.05. The molecule has 1 fully saturated rings. The summed E-state index contributed by atoms with van der Waals surface area (Å²) in [6.45, 7) is 13.3. The number of piperidine rings is 1. The zero-order valence-corrected chi connectivity index (χ0v) is 27.4. The van der Waals surface area contributed by atoms with Crippen LogP contribution in [0.3, 0.4) is 0 Å². The summed E-state index contributed by atoms with van der Waals surface area (Å²) >= 11 is 0. The number of likely N-dealkylation sites (tertiary alicyclic amines) is 1. The number of alkyl carbamates (subject to hydrolysis) is 2. The van der Waals surface area contributed by atoms with Gasteiger partial charge in [-0.25, -0.2) is 9.59 Å². The van der Waals surface area contributed by atoms with Crippen LogP contribution in [-0.4, -0.2) is 78.1 Å². The minimum atomic E-state index is -1.76. The largest absolute Gasteiger partial charge is 0.445 e. The predicted octanol–water partition coefficient (Wildman–Crippen LogP) is 4.32. The average Bonchev–Trinajstić information content (AvgIpc) is 3.41. The lowest BCUT2D eigenvalue weighted by Gasteiger charge is -2.41. The maximum absolute atomic E-state index is 14.5. The second-order valence-electron chi connectivity index (χ2n) is 13.4. The number of hydrogen-bond acceptors (Lipinski definition) is 8. The van der Waals surface area contributed by atoms with Gasteiger partial charge in [0.25, 0.3) is 5.91 Å². The molecule has 248 valence electrons. The van der Waals surface area contributed by atoms with Gasteiger partial charge in [0.05, 0.1) is 0 Å². The number of anilines is 1. The molecule has 0 saturated carbocycles. The Kier molecular flexibility index (Phi) is 10.6. The van der Waals surface area contributed by atoms with Crippen molar-refractivity contribution < 1.29 is 28.7 Å². The zero-order chi connectivity index (χ0) is 33.5. The molecule has 4 amide bonds. The molecule has 2 aromatic rings. The van der Waals surface area contributed by atoms with Crippen LogP contribution in [0.2, 0.25) is 0 Å². The van der Waals surface area contributed by atoms with Gasteiger partial charge >= 0.3 is 12.2 Å². The zero-order valence-electron chi connectivity index (χ0n) is 27.4. The van der Waals surface area contributed by atoms with Gasteiger partial charge in [-0.3, -0.25) is 14.6 Å². The molecule has 0 spiro atoms. The van der Waals surface area contributed by atoms with E-state index in [4.69, 9.17) is 9.47 Å². The van der Waals surface area contributed by atoms with Crippen LogP contribution in [-0.2, 0) is 25.7 Å². The third-order valence-electron chi connectivity index (χ3n) is 8.05. The maximum Gasteiger partial charge on any atom is 0.408 e. The van der Waals surface area contributed by atoms with Crippen LogP contribution in [0.15, 0.2) is 59.6 Å². The van der Waals surface area contributed by atoms with E-state index in [2.05, 4.69) is 33.0 Å². The van der Waals surface area contributed by atoms with E-state index < -0.39 is 40.8 Å². The summed E-state index contributed by atoms with van der Waals surface area (Å²) < 4.78 is 10.8. The van der Waals surface area contributed by atoms with Crippen molar-refractivity contribution in [1.29, 1.82) is 0 Å². The smallest absolute Gasteiger partial charge is 0.408 e. The van der Waals surface area contributed by atoms with Crippen molar-refractivity contribution in [3.8, 4) is 0 Å². The van der Waals surface area contributed by atoms with E-state index in [1.807, 2.05) is 54.6 Å². The fourth-order valence-electron chi connectivity index (χ4n) is 5.69. The van der Waals surface area contributed by atoms with Crippen LogP contribution < -0.4 is 21.3 Å². The quantitative estimate of drug-likeness (QED) is 0.284. The van der Waals surface area contributed by atoms with Crippen LogP contribution in [0.25, 0.3) is 0 Å². The monoisotopic (exact) mass is 634 g/mol. The lowest BCUT2D eigenvalue weighted by Crippen LogP contribution is -2.66. The van der Waals surface area contributed by atoms with Gasteiger partial charge < -0.3 is 35.6 Å². The van der Waals surface area contributed by atoms with E-state index in [0.717, 1.165) is 16.8 Å². The molecule has 46 heavy (non-hydrogen) atoms. The number of ether oxygens (including phenoxy) is 2. The summed E-state index contributed by atoms with van der Waals surface area (Å²) in [6, 6.07) is 16.8. The molecule has 12 nitrogen and oxygen atoms in total. The molecule has 0 radical (unpaired) electrons. The van der Waals surface area contributed by atoms with Crippen LogP contribution in [0.4, 0.5) is 15.3 Å². The van der Waals surface area contributed by atoms with Gasteiger partial charge in [0, 0.05) is 43.7 Å². The Hall–Kier alpha value is -4.61. The Balaban J connectivity index is 1.52. The number of carbonyl (C=O) groups excluding carboxylic acids is 4. The highest BCUT2D eigenvalue weighted by Crippen LogP contribution is 2.38. The number of fused-ring (bicyclic) bond motifs is 1. The van der Waals surface area contributed by atoms with E-state index in [-0.39, 0.29) is 31.5 Å². The second-order valence-corrected chi connectivity index (χ2v) is 13.4. The molecule has 2 unspecified atom stereocenters. The van der Waals surface area contributed by atoms with Crippen molar-refractivity contribution in [3.63, 3.8) is 0 Å². The number of carbonyl (C=O) groups is 4. The van der Waals surface area contributed by atoms with E-state index in [9.17, 15) is 19.2 Å². The number of hydrogen-bond donors (Lipinski definition) is 4. The molecule has 2 aliphatic heterocycles. The highest BCUT2D eigenvalue weighted by molar-refractivity contribution is 5.96. The predicted molar refractivity (Wildman–Crippen MR) is 176 cm³/mol. The number of amides is 4. The highest BCUT2D eigenvalue weighted by atomic mass is 16.6. The first-order chi connectivity index (χ1) is 21.7. The Morgan fingerprint density at radius 3 is 2.37 bits per heavy atom. The van der Waals surface area contributed by atoms with Crippen molar-refractivity contribution in [2.24, 2.45) is 4.99 Å². The summed E-state index contributed by atoms with van der Waals surface area (Å²) in [7, 11) is 0. The normalized spacial score (nSPS) is 19.0. The molecule has 2 aliphatic rings. The van der Waals surface area contributed by atoms with Crippen molar-refractivity contribution in [2.45, 2.75) is 89.3 Å². The minimum Gasteiger partial charge on any atom is -0.445 e. The van der Waals surface area contributed by atoms with Crippen LogP contribution in [0.5, 0.6) is 0 Å². The van der Waals surface area contributed by atoms with Gasteiger partial charge in [0.2, 0.25) is 11.6 Å². The Labute approximate surface area is 270 Å². The van der Waals surface area contributed by atoms with Crippen LogP contribution in [0.1, 0.15) is 70.9 Å². The lowest BCUT2D eigenvalue weighted by molar-refractivity contribution is -0.144. The number of aliphatic imine (C=N–C) groups is 1. The lowest BCUT2D eigenvalue weighted by atomic mass is 9.88. The first-order valence-electron chi connectivity index (χ1n) is 15.6. The van der Waals surface area contributed by atoms with E-state index in [0.29, 0.717) is 25.9 Å². The molecule has 0 aliphatic carbocycles. The summed E-state index contributed by atoms with van der Waals surface area (Å²) in [5, 5.41) is 11.7. The first-order valence-corrected chi connectivity index (χ1v) is 15.6. The van der Waals surface area contributed by atoms with Gasteiger partial charge in [-0.15, -0.1) is 0 Å². The number of para-hydroxylation sites is 1. The van der Waals surface area contributed by atoms with Crippen molar-refractivity contribution >= 4 is 36.4 Å². The van der Waals surface area contributed by atoms with Gasteiger partial charge in [-0.05, 0) is 71.4 Å². The molecule has 0 aromatic heterocycles. The van der Waals surface area contributed by atoms with Crippen molar-refractivity contribution in [3.05, 3.63) is 65.7 Å². The molecule has 0 bridgehead atoms. The average molecular weight is 635 g/mol. The summed E-state index contributed by atoms with van der Waals surface area (Å²) in [5.74, 6) is -1.24. The highest BCUT2D eigenvalue weighted by Gasteiger charge is 2.48. The van der Waals surface area contributed by atoms with Gasteiger partial charge in [-0.1, -0.05) is 48.5 Å². The van der Waals surface area contributed by atoms with E-state index >= 15 is 0 Å². The van der Waals surface area contributed by atoms with Crippen LogP contribution in [0, 0.1) is 0 Å². The second kappa shape index (κ2) is 14.2. The fourth-order valence-corrected chi connectivity index (χ4v) is 5.69. The maximum atomic E-state index is 14.5. The Bertz CT molecular complexity index is 1420. The van der Waals surface area contributed by atoms with Gasteiger partial charge in [0.15, 0.2) is 0 Å². The fraction of sp³-hybridized carbons (Fsp3) is 0.500. The molecule has 2 heterocycles. The summed E-state index contributed by atoms with van der Waals surface area (Å²) in [4.78, 5) is 59.4. The van der Waals surface area contributed by atoms with E-state index in [1.54, 1.807) is 25.7 Å². The van der Waals surface area contributed by atoms with Gasteiger partial charge in [-0.2, -0.15) is 0 Å². The van der Waals surface area contributed by atoms with Gasteiger partial charge in [0.1, 0.15) is 17.7 Å². The SMILES string of the molecule is C=N[C@](CC1CNc2ccccc21)(NC(=O)C(C)(C)NC(=O)OC(C)(C)C)C(=O)N1CCCC(NC(=O)OCc2ccccc2)C1. The number of rotatable bonds is 10. The number of nitrogens with zero attached hydrogens (tertiary/aromatic N) is 2. The van der Waals surface area contributed by atoms with Crippen LogP contribution >= 0.6 is 0 Å². The molecule has 4 N–H and O–H groups in total. The number of benzene rings is 2. The molecule has 12 heteroatoms. The Morgan fingerprint density at radius 2 is 1.67 bits per heavy atom. The topological polar surface area (TPSA) is 150 Å². The van der Waals surface area contributed by atoms with Crippen molar-refractivity contribution in [1.82, 2.24) is 20.9 Å². The molecule has 2 aromatic carbocycles. The van der Waals surface area contributed by atoms with E-state index in [1.165, 1.54) is 13.8 Å². The minimum absolute atomic E-state index is 0.126. The van der Waals surface area contributed by atoms with Crippen molar-refractivity contribution in [2.75, 3.05) is 25.0 Å². The standard InChI is InChI=1S/C34H46N6O6/c1-32(2,3)46-31(44)39-33(4,5)28(41)38-34(35-6,19-24-20-36-27-17-11-10-16-26(24)27)29(42)40-18-12-15-25(21-40)37-30(43)45-22-23-13-8-7-9-14-23/h7-11,13-14,16-17,24-25,36H,6,12,15,18-22H2,1-5H3,(H,37,43)(H,38,41)(H,39,44)/t24?,25?,34-/m1/s1.